The monoisotopic (exact) mass is 320 g/mol. The van der Waals surface area contributed by atoms with Crippen LogP contribution in [0.25, 0.3) is 0 Å². The van der Waals surface area contributed by atoms with Crippen molar-refractivity contribution in [2.75, 3.05) is 0 Å². The second-order valence-corrected chi connectivity index (χ2v) is 5.95. The summed E-state index contributed by atoms with van der Waals surface area (Å²) in [6.45, 7) is 1.92. The molecule has 24 heavy (non-hydrogen) atoms. The first-order chi connectivity index (χ1) is 11.5. The molecule has 0 radical (unpaired) electrons. The first-order valence-corrected chi connectivity index (χ1v) is 7.60. The maximum absolute atomic E-state index is 12.5. The number of carbonyl (C=O) groups excluding carboxylic acids is 2. The van der Waals surface area contributed by atoms with Crippen molar-refractivity contribution in [2.45, 2.75) is 25.5 Å². The highest BCUT2D eigenvalue weighted by atomic mass is 16.6. The number of ether oxygens (including phenoxy) is 1. The molecule has 1 heterocycles. The van der Waals surface area contributed by atoms with E-state index in [9.17, 15) is 9.59 Å². The van der Waals surface area contributed by atoms with Crippen LogP contribution in [0.3, 0.4) is 0 Å². The molecule has 0 saturated heterocycles. The molecule has 1 amide bonds. The predicted octanol–water partition coefficient (Wildman–Crippen LogP) is 2.35. The van der Waals surface area contributed by atoms with Crippen molar-refractivity contribution in [1.29, 1.82) is 5.26 Å². The van der Waals surface area contributed by atoms with Crippen LogP contribution >= 0.6 is 0 Å². The van der Waals surface area contributed by atoms with E-state index in [4.69, 9.17) is 10.00 Å². The molecule has 5 nitrogen and oxygen atoms in total. The molecule has 0 bridgehead atoms. The number of esters is 1. The van der Waals surface area contributed by atoms with E-state index in [1.54, 1.807) is 43.3 Å². The van der Waals surface area contributed by atoms with Gasteiger partial charge < -0.3 is 10.1 Å². The zero-order chi connectivity index (χ0) is 17.2. The summed E-state index contributed by atoms with van der Waals surface area (Å²) in [6, 6.07) is 16.1. The highest BCUT2D eigenvalue weighted by molar-refractivity contribution is 5.97. The summed E-state index contributed by atoms with van der Waals surface area (Å²) >= 11 is 0. The molecule has 120 valence electrons. The standard InChI is InChI=1S/C19H16N2O3/c1-19(10-15-4-2-3-5-16(15)17(22)24-19)18(23)21-12-14-8-6-13(11-20)7-9-14/h2-9H,10,12H2,1H3,(H,21,23). The number of nitrogens with zero attached hydrogens (tertiary/aromatic N) is 1. The summed E-state index contributed by atoms with van der Waals surface area (Å²) in [4.78, 5) is 24.6. The quantitative estimate of drug-likeness (QED) is 0.880. The Balaban J connectivity index is 1.70. The summed E-state index contributed by atoms with van der Waals surface area (Å²) in [7, 11) is 0. The summed E-state index contributed by atoms with van der Waals surface area (Å²) in [5.41, 5.74) is 1.53. The number of rotatable bonds is 3. The van der Waals surface area contributed by atoms with E-state index < -0.39 is 11.6 Å². The van der Waals surface area contributed by atoms with Gasteiger partial charge in [0.2, 0.25) is 0 Å². The van der Waals surface area contributed by atoms with E-state index in [-0.39, 0.29) is 5.91 Å². The Hall–Kier alpha value is -3.13. The van der Waals surface area contributed by atoms with Crippen molar-refractivity contribution in [3.8, 4) is 6.07 Å². The first kappa shape index (κ1) is 15.8. The van der Waals surface area contributed by atoms with Crippen LogP contribution in [-0.2, 0) is 22.5 Å². The van der Waals surface area contributed by atoms with E-state index in [2.05, 4.69) is 5.32 Å². The van der Waals surface area contributed by atoms with Gasteiger partial charge in [0.05, 0.1) is 17.2 Å². The summed E-state index contributed by atoms with van der Waals surface area (Å²) in [5, 5.41) is 11.6. The number of hydrogen-bond acceptors (Lipinski definition) is 4. The van der Waals surface area contributed by atoms with Gasteiger partial charge in [-0.25, -0.2) is 4.79 Å². The Morgan fingerprint density at radius 2 is 1.96 bits per heavy atom. The molecule has 2 aromatic carbocycles. The van der Waals surface area contributed by atoms with Crippen LogP contribution < -0.4 is 5.32 Å². The van der Waals surface area contributed by atoms with Gasteiger partial charge in [-0.15, -0.1) is 0 Å². The Kier molecular flexibility index (Phi) is 4.05. The van der Waals surface area contributed by atoms with Crippen molar-refractivity contribution in [3.05, 3.63) is 70.8 Å². The Morgan fingerprint density at radius 1 is 1.25 bits per heavy atom. The van der Waals surface area contributed by atoms with E-state index in [1.165, 1.54) is 0 Å². The molecule has 0 spiro atoms. The lowest BCUT2D eigenvalue weighted by Gasteiger charge is -2.33. The zero-order valence-corrected chi connectivity index (χ0v) is 13.2. The van der Waals surface area contributed by atoms with E-state index in [1.807, 2.05) is 18.2 Å². The molecule has 0 fully saturated rings. The molecule has 1 aliphatic heterocycles. The van der Waals surface area contributed by atoms with Gasteiger partial charge in [-0.1, -0.05) is 30.3 Å². The summed E-state index contributed by atoms with van der Waals surface area (Å²) < 4.78 is 5.39. The van der Waals surface area contributed by atoms with Crippen molar-refractivity contribution in [2.24, 2.45) is 0 Å². The minimum Gasteiger partial charge on any atom is -0.445 e. The molecule has 0 aliphatic carbocycles. The molecule has 1 unspecified atom stereocenters. The fraction of sp³-hybridized carbons (Fsp3) is 0.211. The number of carbonyl (C=O) groups is 2. The largest absolute Gasteiger partial charge is 0.445 e. The lowest BCUT2D eigenvalue weighted by Crippen LogP contribution is -2.51. The first-order valence-electron chi connectivity index (χ1n) is 7.60. The van der Waals surface area contributed by atoms with Gasteiger partial charge in [0, 0.05) is 13.0 Å². The van der Waals surface area contributed by atoms with Crippen LogP contribution in [0.15, 0.2) is 48.5 Å². The third-order valence-corrected chi connectivity index (χ3v) is 4.10. The fourth-order valence-corrected chi connectivity index (χ4v) is 2.73. The van der Waals surface area contributed by atoms with Crippen LogP contribution in [-0.4, -0.2) is 17.5 Å². The minimum absolute atomic E-state index is 0.305. The van der Waals surface area contributed by atoms with Crippen LogP contribution in [0.4, 0.5) is 0 Å². The molecule has 1 N–H and O–H groups in total. The van der Waals surface area contributed by atoms with Crippen molar-refractivity contribution in [3.63, 3.8) is 0 Å². The van der Waals surface area contributed by atoms with Gasteiger partial charge >= 0.3 is 5.97 Å². The van der Waals surface area contributed by atoms with Gasteiger partial charge in [0.1, 0.15) is 0 Å². The lowest BCUT2D eigenvalue weighted by atomic mass is 9.89. The molecule has 1 aliphatic rings. The van der Waals surface area contributed by atoms with E-state index >= 15 is 0 Å². The maximum atomic E-state index is 12.5. The normalized spacial score (nSPS) is 18.9. The number of amides is 1. The molecule has 2 aromatic rings. The van der Waals surface area contributed by atoms with E-state index in [0.29, 0.717) is 24.1 Å². The lowest BCUT2D eigenvalue weighted by molar-refractivity contribution is -0.139. The number of hydrogen-bond donors (Lipinski definition) is 1. The number of cyclic esters (lactones) is 1. The van der Waals surface area contributed by atoms with E-state index in [0.717, 1.165) is 11.1 Å². The number of benzene rings is 2. The van der Waals surface area contributed by atoms with Crippen molar-refractivity contribution >= 4 is 11.9 Å². The summed E-state index contributed by atoms with van der Waals surface area (Å²) in [6.07, 6.45) is 0.341. The molecular formula is C19H16N2O3. The second kappa shape index (κ2) is 6.17. The van der Waals surface area contributed by atoms with Crippen LogP contribution in [0.5, 0.6) is 0 Å². The van der Waals surface area contributed by atoms with Gasteiger partial charge in [-0.3, -0.25) is 4.79 Å². The second-order valence-electron chi connectivity index (χ2n) is 5.95. The Bertz CT molecular complexity index is 836. The average molecular weight is 320 g/mol. The Labute approximate surface area is 139 Å². The average Bonchev–Trinajstić information content (AvgIpc) is 2.60. The molecule has 1 atom stereocenters. The van der Waals surface area contributed by atoms with Crippen molar-refractivity contribution in [1.82, 2.24) is 5.32 Å². The topological polar surface area (TPSA) is 79.2 Å². The third-order valence-electron chi connectivity index (χ3n) is 4.10. The SMILES string of the molecule is CC1(C(=O)NCc2ccc(C#N)cc2)Cc2ccccc2C(=O)O1. The number of nitriles is 1. The smallest absolute Gasteiger partial charge is 0.339 e. The summed E-state index contributed by atoms with van der Waals surface area (Å²) in [5.74, 6) is -0.817. The van der Waals surface area contributed by atoms with Gasteiger partial charge in [-0.05, 0) is 36.2 Å². The van der Waals surface area contributed by atoms with Crippen LogP contribution in [0.2, 0.25) is 0 Å². The van der Waals surface area contributed by atoms with Gasteiger partial charge in [0.25, 0.3) is 5.91 Å². The minimum atomic E-state index is -1.22. The van der Waals surface area contributed by atoms with Crippen LogP contribution in [0, 0.1) is 11.3 Å². The van der Waals surface area contributed by atoms with Crippen molar-refractivity contribution < 1.29 is 14.3 Å². The molecule has 5 heteroatoms. The number of nitrogens with one attached hydrogen (secondary N) is 1. The third kappa shape index (κ3) is 2.99. The molecule has 0 aromatic heterocycles. The predicted molar refractivity (Wildman–Crippen MR) is 87.0 cm³/mol. The maximum Gasteiger partial charge on any atom is 0.339 e. The molecular weight excluding hydrogens is 304 g/mol. The molecule has 0 saturated carbocycles. The van der Waals surface area contributed by atoms with Gasteiger partial charge in [-0.2, -0.15) is 5.26 Å². The molecule has 3 rings (SSSR count). The number of fused-ring (bicyclic) bond motifs is 1. The highest BCUT2D eigenvalue weighted by Crippen LogP contribution is 2.28. The van der Waals surface area contributed by atoms with Gasteiger partial charge in [0.15, 0.2) is 5.60 Å². The zero-order valence-electron chi connectivity index (χ0n) is 13.2. The highest BCUT2D eigenvalue weighted by Gasteiger charge is 2.42. The Morgan fingerprint density at radius 3 is 2.67 bits per heavy atom. The fourth-order valence-electron chi connectivity index (χ4n) is 2.73. The van der Waals surface area contributed by atoms with Crippen LogP contribution in [0.1, 0.15) is 34.0 Å².